The van der Waals surface area contributed by atoms with Crippen molar-refractivity contribution in [1.82, 2.24) is 0 Å². The Balaban J connectivity index is 0. The number of hydrogen-bond acceptors (Lipinski definition) is 1. The topological polar surface area (TPSA) is 0 Å². The van der Waals surface area contributed by atoms with Gasteiger partial charge in [-0.05, 0) is 19.4 Å². The molecule has 0 aromatic rings. The Hall–Kier alpha value is 0.310. The lowest BCUT2D eigenvalue weighted by Crippen LogP contribution is -2.33. The SMILES string of the molecule is CC[N+](C)(C)C.CSC. The Morgan fingerprint density at radius 1 is 1.11 bits per heavy atom. The van der Waals surface area contributed by atoms with Gasteiger partial charge >= 0.3 is 0 Å². The van der Waals surface area contributed by atoms with Gasteiger partial charge in [0.25, 0.3) is 0 Å². The van der Waals surface area contributed by atoms with Crippen LogP contribution in [0.4, 0.5) is 0 Å². The first-order chi connectivity index (χ1) is 3.97. The number of nitrogens with zero attached hydrogens (tertiary/aromatic N) is 1. The molecule has 0 saturated carbocycles. The molecule has 2 heteroatoms. The van der Waals surface area contributed by atoms with Crippen LogP contribution < -0.4 is 0 Å². The van der Waals surface area contributed by atoms with Gasteiger partial charge in [-0.25, -0.2) is 0 Å². The molecule has 0 saturated heterocycles. The molecule has 58 valence electrons. The molecule has 0 unspecified atom stereocenters. The molecule has 0 aromatic carbocycles. The van der Waals surface area contributed by atoms with Crippen LogP contribution in [0.25, 0.3) is 0 Å². The van der Waals surface area contributed by atoms with Crippen molar-refractivity contribution in [2.24, 2.45) is 0 Å². The van der Waals surface area contributed by atoms with E-state index in [2.05, 4.69) is 28.1 Å². The molecular weight excluding hydrogens is 130 g/mol. The van der Waals surface area contributed by atoms with E-state index in [0.717, 1.165) is 4.48 Å². The lowest BCUT2D eigenvalue weighted by atomic mass is 10.6. The van der Waals surface area contributed by atoms with Crippen LogP contribution in [-0.4, -0.2) is 44.7 Å². The molecule has 0 heterocycles. The summed E-state index contributed by atoms with van der Waals surface area (Å²) >= 11 is 1.75. The van der Waals surface area contributed by atoms with Crippen molar-refractivity contribution < 1.29 is 4.48 Å². The van der Waals surface area contributed by atoms with E-state index >= 15 is 0 Å². The molecular formula is C7H20NS+. The summed E-state index contributed by atoms with van der Waals surface area (Å²) in [4.78, 5) is 0. The predicted molar refractivity (Wildman–Crippen MR) is 48.0 cm³/mol. The van der Waals surface area contributed by atoms with Gasteiger partial charge in [0, 0.05) is 0 Å². The maximum absolute atomic E-state index is 2.18. The smallest absolute Gasteiger partial charge is 0.0751 e. The summed E-state index contributed by atoms with van der Waals surface area (Å²) in [6, 6.07) is 0. The monoisotopic (exact) mass is 150 g/mol. The summed E-state index contributed by atoms with van der Waals surface area (Å²) in [5.74, 6) is 0. The second kappa shape index (κ2) is 6.43. The van der Waals surface area contributed by atoms with E-state index in [4.69, 9.17) is 0 Å². The second-order valence-corrected chi connectivity index (χ2v) is 3.83. The van der Waals surface area contributed by atoms with Gasteiger partial charge in [0.05, 0.1) is 27.7 Å². The van der Waals surface area contributed by atoms with Crippen LogP contribution in [0.1, 0.15) is 6.92 Å². The normalized spacial score (nSPS) is 10.0. The maximum Gasteiger partial charge on any atom is 0.0751 e. The first kappa shape index (κ1) is 12.0. The summed E-state index contributed by atoms with van der Waals surface area (Å²) in [5, 5.41) is 0. The van der Waals surface area contributed by atoms with E-state index < -0.39 is 0 Å². The molecule has 0 radical (unpaired) electrons. The Morgan fingerprint density at radius 3 is 1.22 bits per heavy atom. The quantitative estimate of drug-likeness (QED) is 0.513. The zero-order chi connectivity index (χ0) is 7.91. The minimum Gasteiger partial charge on any atom is -0.331 e. The summed E-state index contributed by atoms with van der Waals surface area (Å²) < 4.78 is 1.07. The van der Waals surface area contributed by atoms with Crippen molar-refractivity contribution in [3.8, 4) is 0 Å². The van der Waals surface area contributed by atoms with E-state index in [1.54, 1.807) is 11.8 Å². The van der Waals surface area contributed by atoms with Gasteiger partial charge in [0.15, 0.2) is 0 Å². The molecule has 0 aliphatic carbocycles. The first-order valence-electron chi connectivity index (χ1n) is 3.18. The second-order valence-electron chi connectivity index (χ2n) is 3.01. The number of thioether (sulfide) groups is 1. The zero-order valence-corrected chi connectivity index (χ0v) is 8.38. The first-order valence-corrected chi connectivity index (χ1v) is 4.81. The minimum atomic E-state index is 1.07. The summed E-state index contributed by atoms with van der Waals surface area (Å²) in [7, 11) is 6.54. The molecule has 0 aliphatic heterocycles. The molecule has 9 heavy (non-hydrogen) atoms. The highest BCUT2D eigenvalue weighted by atomic mass is 32.2. The van der Waals surface area contributed by atoms with Crippen LogP contribution in [0, 0.1) is 0 Å². The molecule has 0 rings (SSSR count). The van der Waals surface area contributed by atoms with Crippen molar-refractivity contribution in [3.63, 3.8) is 0 Å². The highest BCUT2D eigenvalue weighted by Crippen LogP contribution is 1.83. The zero-order valence-electron chi connectivity index (χ0n) is 7.56. The lowest BCUT2D eigenvalue weighted by molar-refractivity contribution is -0.868. The molecule has 1 nitrogen and oxygen atoms in total. The number of hydrogen-bond donors (Lipinski definition) is 0. The maximum atomic E-state index is 2.18. The van der Waals surface area contributed by atoms with Crippen LogP contribution in [0.5, 0.6) is 0 Å². The number of rotatable bonds is 1. The van der Waals surface area contributed by atoms with E-state index in [1.165, 1.54) is 6.54 Å². The highest BCUT2D eigenvalue weighted by Gasteiger charge is 1.97. The minimum absolute atomic E-state index is 1.07. The largest absolute Gasteiger partial charge is 0.331 e. The van der Waals surface area contributed by atoms with Crippen molar-refractivity contribution in [2.75, 3.05) is 40.2 Å². The Labute approximate surface area is 64.0 Å². The van der Waals surface area contributed by atoms with Crippen molar-refractivity contribution in [1.29, 1.82) is 0 Å². The van der Waals surface area contributed by atoms with Gasteiger partial charge in [-0.3, -0.25) is 0 Å². The third-order valence-electron chi connectivity index (χ3n) is 0.949. The van der Waals surface area contributed by atoms with Gasteiger partial charge < -0.3 is 4.48 Å². The van der Waals surface area contributed by atoms with Crippen LogP contribution in [-0.2, 0) is 0 Å². The lowest BCUT2D eigenvalue weighted by Gasteiger charge is -2.20. The molecule has 0 bridgehead atoms. The third-order valence-corrected chi connectivity index (χ3v) is 0.949. The fraction of sp³-hybridized carbons (Fsp3) is 1.00. The van der Waals surface area contributed by atoms with Gasteiger partial charge in [-0.15, -0.1) is 0 Å². The van der Waals surface area contributed by atoms with Gasteiger partial charge in [0.1, 0.15) is 0 Å². The van der Waals surface area contributed by atoms with Crippen molar-refractivity contribution >= 4 is 11.8 Å². The van der Waals surface area contributed by atoms with Gasteiger partial charge in [-0.1, -0.05) is 0 Å². The Kier molecular flexibility index (Phi) is 8.60. The highest BCUT2D eigenvalue weighted by molar-refractivity contribution is 7.97. The van der Waals surface area contributed by atoms with E-state index in [1.807, 2.05) is 12.5 Å². The molecule has 0 amide bonds. The van der Waals surface area contributed by atoms with E-state index in [9.17, 15) is 0 Å². The molecule has 0 spiro atoms. The fourth-order valence-corrected chi connectivity index (χ4v) is 0. The summed E-state index contributed by atoms with van der Waals surface area (Å²) in [6.07, 6.45) is 4.08. The molecule has 0 aliphatic rings. The third kappa shape index (κ3) is 30.2. The Morgan fingerprint density at radius 2 is 1.22 bits per heavy atom. The fourth-order valence-electron chi connectivity index (χ4n) is 0. The summed E-state index contributed by atoms with van der Waals surface area (Å²) in [5.41, 5.74) is 0. The van der Waals surface area contributed by atoms with Crippen LogP contribution >= 0.6 is 11.8 Å². The number of quaternary nitrogens is 1. The summed E-state index contributed by atoms with van der Waals surface area (Å²) in [6.45, 7) is 3.39. The molecule has 0 aromatic heterocycles. The van der Waals surface area contributed by atoms with Crippen molar-refractivity contribution in [2.45, 2.75) is 6.92 Å². The predicted octanol–water partition coefficient (Wildman–Crippen LogP) is 1.69. The standard InChI is InChI=1S/C5H14N.C2H6S/c1-5-6(2,3)4;1-3-2/h5H2,1-4H3;1-2H3/q+1;. The van der Waals surface area contributed by atoms with Gasteiger partial charge in [0.2, 0.25) is 0 Å². The Bertz CT molecular complexity index is 47.4. The van der Waals surface area contributed by atoms with Crippen LogP contribution in [0.3, 0.4) is 0 Å². The van der Waals surface area contributed by atoms with E-state index in [0.29, 0.717) is 0 Å². The van der Waals surface area contributed by atoms with Gasteiger partial charge in [-0.2, -0.15) is 11.8 Å². The van der Waals surface area contributed by atoms with Crippen LogP contribution in [0.15, 0.2) is 0 Å². The average Bonchev–Trinajstić information content (AvgIpc) is 1.67. The molecule has 0 N–H and O–H groups in total. The molecule has 0 atom stereocenters. The molecule has 0 fully saturated rings. The average molecular weight is 150 g/mol. The van der Waals surface area contributed by atoms with Crippen molar-refractivity contribution in [3.05, 3.63) is 0 Å². The van der Waals surface area contributed by atoms with Crippen LogP contribution in [0.2, 0.25) is 0 Å². The van der Waals surface area contributed by atoms with E-state index in [-0.39, 0.29) is 0 Å².